The monoisotopic (exact) mass is 262 g/mol. The summed E-state index contributed by atoms with van der Waals surface area (Å²) in [5, 5.41) is 13.5. The maximum absolute atomic E-state index is 12.2. The van der Waals surface area contributed by atoms with Crippen molar-refractivity contribution in [3.05, 3.63) is 17.0 Å². The maximum Gasteiger partial charge on any atom is 0.272 e. The van der Waals surface area contributed by atoms with Gasteiger partial charge in [0.25, 0.3) is 5.91 Å². The van der Waals surface area contributed by atoms with Crippen molar-refractivity contribution in [2.24, 2.45) is 5.41 Å². The number of carbonyl (C=O) groups is 1. The van der Waals surface area contributed by atoms with E-state index in [4.69, 9.17) is 0 Å². The third-order valence-corrected chi connectivity index (χ3v) is 4.38. The highest BCUT2D eigenvalue weighted by Gasteiger charge is 2.41. The topological polar surface area (TPSA) is 69.8 Å². The van der Waals surface area contributed by atoms with E-state index in [1.165, 1.54) is 25.7 Å². The number of aromatic nitrogens is 2. The van der Waals surface area contributed by atoms with Gasteiger partial charge in [-0.1, -0.05) is 13.3 Å². The van der Waals surface area contributed by atoms with Gasteiger partial charge in [0.2, 0.25) is 0 Å². The van der Waals surface area contributed by atoms with Crippen molar-refractivity contribution in [1.29, 1.82) is 0 Å². The van der Waals surface area contributed by atoms with Crippen molar-refractivity contribution in [1.82, 2.24) is 20.8 Å². The van der Waals surface area contributed by atoms with Gasteiger partial charge in [-0.25, -0.2) is 0 Å². The zero-order valence-electron chi connectivity index (χ0n) is 11.5. The van der Waals surface area contributed by atoms with Gasteiger partial charge in [0.15, 0.2) is 5.69 Å². The van der Waals surface area contributed by atoms with Crippen LogP contribution in [0.1, 0.15) is 54.4 Å². The molecule has 0 radical (unpaired) electrons. The smallest absolute Gasteiger partial charge is 0.272 e. The van der Waals surface area contributed by atoms with Crippen molar-refractivity contribution in [3.63, 3.8) is 0 Å². The van der Waals surface area contributed by atoms with Gasteiger partial charge in [-0.2, -0.15) is 5.10 Å². The predicted octanol–water partition coefficient (Wildman–Crippen LogP) is 1.37. The molecule has 0 atom stereocenters. The van der Waals surface area contributed by atoms with Crippen molar-refractivity contribution in [3.8, 4) is 0 Å². The predicted molar refractivity (Wildman–Crippen MR) is 72.9 cm³/mol. The molecule has 3 rings (SSSR count). The van der Waals surface area contributed by atoms with Crippen LogP contribution in [0.5, 0.6) is 0 Å². The first kappa shape index (κ1) is 12.7. The van der Waals surface area contributed by atoms with Gasteiger partial charge in [0, 0.05) is 37.3 Å². The number of hydrogen-bond acceptors (Lipinski definition) is 3. The molecule has 104 valence electrons. The van der Waals surface area contributed by atoms with Crippen molar-refractivity contribution < 1.29 is 4.79 Å². The van der Waals surface area contributed by atoms with Crippen molar-refractivity contribution >= 4 is 5.91 Å². The molecule has 2 heterocycles. The molecular weight excluding hydrogens is 240 g/mol. The molecule has 1 aromatic rings. The first-order valence-corrected chi connectivity index (χ1v) is 7.29. The lowest BCUT2D eigenvalue weighted by atomic mass is 10.0. The molecule has 1 aliphatic heterocycles. The van der Waals surface area contributed by atoms with Gasteiger partial charge in [0.1, 0.15) is 0 Å². The molecule has 1 fully saturated rings. The molecule has 2 aliphatic rings. The minimum atomic E-state index is -0.0245. The van der Waals surface area contributed by atoms with Gasteiger partial charge >= 0.3 is 0 Å². The number of nitrogens with zero attached hydrogens (tertiary/aromatic N) is 1. The standard InChI is InChI=1S/C14H22N4O/c1-2-4-14(5-6-14)9-16-13(19)12-10-8-15-7-3-11(10)17-18-12/h15H,2-9H2,1H3,(H,16,19)(H,17,18). The second-order valence-electron chi connectivity index (χ2n) is 5.89. The summed E-state index contributed by atoms with van der Waals surface area (Å²) in [6.07, 6.45) is 5.84. The normalized spacial score (nSPS) is 19.8. The number of rotatable bonds is 5. The number of amides is 1. The van der Waals surface area contributed by atoms with Crippen LogP contribution in [-0.4, -0.2) is 29.2 Å². The summed E-state index contributed by atoms with van der Waals surface area (Å²) in [5.41, 5.74) is 3.12. The Morgan fingerprint density at radius 1 is 1.47 bits per heavy atom. The first-order chi connectivity index (χ1) is 9.24. The minimum absolute atomic E-state index is 0.0245. The maximum atomic E-state index is 12.2. The van der Waals surface area contributed by atoms with Gasteiger partial charge in [0.05, 0.1) is 0 Å². The van der Waals surface area contributed by atoms with E-state index in [9.17, 15) is 4.79 Å². The van der Waals surface area contributed by atoms with Crippen LogP contribution in [0.2, 0.25) is 0 Å². The molecule has 0 bridgehead atoms. The molecule has 1 amide bonds. The van der Waals surface area contributed by atoms with E-state index in [1.54, 1.807) is 0 Å². The first-order valence-electron chi connectivity index (χ1n) is 7.29. The van der Waals surface area contributed by atoms with E-state index in [0.717, 1.165) is 37.3 Å². The van der Waals surface area contributed by atoms with E-state index in [2.05, 4.69) is 27.8 Å². The molecule has 1 aliphatic carbocycles. The van der Waals surface area contributed by atoms with Gasteiger partial charge in [-0.3, -0.25) is 9.89 Å². The number of carbonyl (C=O) groups excluding carboxylic acids is 1. The Kier molecular flexibility index (Phi) is 3.31. The number of aromatic amines is 1. The third-order valence-electron chi connectivity index (χ3n) is 4.38. The molecule has 0 aromatic carbocycles. The fourth-order valence-corrected chi connectivity index (χ4v) is 2.99. The van der Waals surface area contributed by atoms with E-state index in [0.29, 0.717) is 11.1 Å². The second-order valence-corrected chi connectivity index (χ2v) is 5.89. The molecular formula is C14H22N4O. The molecule has 1 saturated carbocycles. The fourth-order valence-electron chi connectivity index (χ4n) is 2.99. The van der Waals surface area contributed by atoms with Crippen molar-refractivity contribution in [2.75, 3.05) is 13.1 Å². The van der Waals surface area contributed by atoms with Crippen molar-refractivity contribution in [2.45, 2.75) is 45.6 Å². The van der Waals surface area contributed by atoms with Crippen LogP contribution >= 0.6 is 0 Å². The number of nitrogens with one attached hydrogen (secondary N) is 3. The zero-order valence-corrected chi connectivity index (χ0v) is 11.5. The largest absolute Gasteiger partial charge is 0.350 e. The lowest BCUT2D eigenvalue weighted by Crippen LogP contribution is -2.32. The summed E-state index contributed by atoms with van der Waals surface area (Å²) >= 11 is 0. The number of hydrogen-bond donors (Lipinski definition) is 3. The molecule has 5 nitrogen and oxygen atoms in total. The summed E-state index contributed by atoms with van der Waals surface area (Å²) in [6.45, 7) is 4.71. The van der Waals surface area contributed by atoms with E-state index in [-0.39, 0.29) is 5.91 Å². The molecule has 0 saturated heterocycles. The highest BCUT2D eigenvalue weighted by molar-refractivity contribution is 5.94. The Morgan fingerprint density at radius 2 is 2.32 bits per heavy atom. The SMILES string of the molecule is CCCC1(CNC(=O)c2n[nH]c3c2CNCC3)CC1. The van der Waals surface area contributed by atoms with Crippen LogP contribution in [-0.2, 0) is 13.0 Å². The molecule has 0 unspecified atom stereocenters. The Hall–Kier alpha value is -1.36. The van der Waals surface area contributed by atoms with Gasteiger partial charge < -0.3 is 10.6 Å². The number of H-pyrrole nitrogens is 1. The average Bonchev–Trinajstić information content (AvgIpc) is 3.05. The fraction of sp³-hybridized carbons (Fsp3) is 0.714. The van der Waals surface area contributed by atoms with Gasteiger partial charge in [-0.15, -0.1) is 0 Å². The summed E-state index contributed by atoms with van der Waals surface area (Å²) in [5.74, 6) is -0.0245. The van der Waals surface area contributed by atoms with Crippen LogP contribution in [0.15, 0.2) is 0 Å². The summed E-state index contributed by atoms with van der Waals surface area (Å²) in [7, 11) is 0. The lowest BCUT2D eigenvalue weighted by Gasteiger charge is -2.16. The average molecular weight is 262 g/mol. The molecule has 5 heteroatoms. The molecule has 0 spiro atoms. The Bertz CT molecular complexity index is 476. The van der Waals surface area contributed by atoms with Crippen LogP contribution in [0.3, 0.4) is 0 Å². The van der Waals surface area contributed by atoms with Crippen LogP contribution in [0.4, 0.5) is 0 Å². The molecule has 1 aromatic heterocycles. The molecule has 3 N–H and O–H groups in total. The summed E-state index contributed by atoms with van der Waals surface area (Å²) < 4.78 is 0. The Morgan fingerprint density at radius 3 is 3.05 bits per heavy atom. The van der Waals surface area contributed by atoms with Crippen LogP contribution < -0.4 is 10.6 Å². The van der Waals surface area contributed by atoms with Crippen LogP contribution in [0, 0.1) is 5.41 Å². The summed E-state index contributed by atoms with van der Waals surface area (Å²) in [4.78, 5) is 12.2. The minimum Gasteiger partial charge on any atom is -0.350 e. The van der Waals surface area contributed by atoms with Gasteiger partial charge in [-0.05, 0) is 24.7 Å². The van der Waals surface area contributed by atoms with E-state index < -0.39 is 0 Å². The quantitative estimate of drug-likeness (QED) is 0.750. The highest BCUT2D eigenvalue weighted by atomic mass is 16.1. The number of fused-ring (bicyclic) bond motifs is 1. The Labute approximate surface area is 113 Å². The van der Waals surface area contributed by atoms with Crippen LogP contribution in [0.25, 0.3) is 0 Å². The van der Waals surface area contributed by atoms with E-state index in [1.807, 2.05) is 0 Å². The molecule has 19 heavy (non-hydrogen) atoms. The zero-order chi connectivity index (χ0) is 13.3. The Balaban J connectivity index is 1.63. The lowest BCUT2D eigenvalue weighted by molar-refractivity contribution is 0.0937. The summed E-state index contributed by atoms with van der Waals surface area (Å²) in [6, 6.07) is 0. The third kappa shape index (κ3) is 2.52. The highest BCUT2D eigenvalue weighted by Crippen LogP contribution is 2.48. The second kappa shape index (κ2) is 4.96. The van der Waals surface area contributed by atoms with E-state index >= 15 is 0 Å².